The molecular formula is C18H24N4O7S. The molecule has 0 unspecified atom stereocenters. The lowest BCUT2D eigenvalue weighted by Gasteiger charge is -2.52. The Morgan fingerprint density at radius 3 is 2.50 bits per heavy atom. The van der Waals surface area contributed by atoms with Gasteiger partial charge in [-0.1, -0.05) is 5.16 Å². The van der Waals surface area contributed by atoms with E-state index in [4.69, 9.17) is 15.4 Å². The van der Waals surface area contributed by atoms with Crippen LogP contribution in [0, 0.1) is 5.92 Å². The Hall–Kier alpha value is -2.86. The Bertz CT molecular complexity index is 906. The van der Waals surface area contributed by atoms with Crippen molar-refractivity contribution in [3.8, 4) is 0 Å². The number of aromatic nitrogens is 1. The molecule has 11 nitrogen and oxygen atoms in total. The Balaban J connectivity index is 2.22. The van der Waals surface area contributed by atoms with Gasteiger partial charge in [0.1, 0.15) is 12.3 Å². The summed E-state index contributed by atoms with van der Waals surface area (Å²) >= 11 is 1.07. The molecule has 1 amide bonds. The van der Waals surface area contributed by atoms with Gasteiger partial charge in [0.15, 0.2) is 22.4 Å². The van der Waals surface area contributed by atoms with Crippen molar-refractivity contribution in [2.75, 3.05) is 12.3 Å². The van der Waals surface area contributed by atoms with Crippen LogP contribution in [0.3, 0.4) is 0 Å². The second-order valence-electron chi connectivity index (χ2n) is 7.86. The summed E-state index contributed by atoms with van der Waals surface area (Å²) in [5.74, 6) is -3.26. The van der Waals surface area contributed by atoms with E-state index in [1.165, 1.54) is 26.2 Å². The van der Waals surface area contributed by atoms with E-state index < -0.39 is 34.7 Å². The number of carbonyl (C=O) groups is 4. The summed E-state index contributed by atoms with van der Waals surface area (Å²) in [6.07, 6.45) is -0.237. The number of nitrogens with zero attached hydrogens (tertiary/aromatic N) is 3. The number of nitrogens with two attached hydrogens (primary N) is 1. The van der Waals surface area contributed by atoms with E-state index in [2.05, 4.69) is 10.1 Å². The number of anilines is 1. The van der Waals surface area contributed by atoms with Crippen LogP contribution in [0.1, 0.15) is 46.7 Å². The molecule has 1 saturated heterocycles. The quantitative estimate of drug-likeness (QED) is 0.307. The van der Waals surface area contributed by atoms with Crippen molar-refractivity contribution >= 4 is 45.6 Å². The number of rotatable bonds is 10. The molecule has 0 aliphatic carbocycles. The molecule has 1 aromatic heterocycles. The lowest BCUT2D eigenvalue weighted by atomic mass is 9.74. The maximum Gasteiger partial charge on any atom is 0.350 e. The normalized spacial score (nSPS) is 18.7. The zero-order valence-electron chi connectivity index (χ0n) is 17.3. The molecule has 2 rings (SSSR count). The predicted molar refractivity (Wildman–Crippen MR) is 107 cm³/mol. The first-order valence-electron chi connectivity index (χ1n) is 8.98. The van der Waals surface area contributed by atoms with Crippen LogP contribution in [-0.4, -0.2) is 62.1 Å². The molecule has 1 aromatic rings. The Kier molecular flexibility index (Phi) is 6.62. The molecule has 0 spiro atoms. The van der Waals surface area contributed by atoms with Gasteiger partial charge in [-0.05, 0) is 34.6 Å². The molecule has 0 bridgehead atoms. The van der Waals surface area contributed by atoms with Crippen molar-refractivity contribution in [1.82, 2.24) is 10.0 Å². The van der Waals surface area contributed by atoms with Gasteiger partial charge in [0.25, 0.3) is 5.91 Å². The highest BCUT2D eigenvalue weighted by Gasteiger charge is 2.56. The molecular weight excluding hydrogens is 416 g/mol. The second kappa shape index (κ2) is 8.48. The van der Waals surface area contributed by atoms with Gasteiger partial charge < -0.3 is 15.7 Å². The lowest BCUT2D eigenvalue weighted by molar-refractivity contribution is -0.264. The van der Waals surface area contributed by atoms with Crippen LogP contribution < -0.4 is 5.73 Å². The number of oxime groups is 1. The molecule has 1 atom stereocenters. The largest absolute Gasteiger partial charge is 0.478 e. The molecule has 1 fully saturated rings. The van der Waals surface area contributed by atoms with Crippen LogP contribution in [0.2, 0.25) is 0 Å². The topological polar surface area (TPSA) is 161 Å². The van der Waals surface area contributed by atoms with E-state index >= 15 is 0 Å². The fraction of sp³-hybridized carbons (Fsp3) is 0.556. The molecule has 0 saturated carbocycles. The monoisotopic (exact) mass is 440 g/mol. The number of thiazole rings is 1. The number of hydrogen-bond donors (Lipinski definition) is 2. The van der Waals surface area contributed by atoms with Crippen LogP contribution in [0.5, 0.6) is 0 Å². The number of amides is 1. The van der Waals surface area contributed by atoms with Crippen molar-refractivity contribution < 1.29 is 34.0 Å². The number of nitrogen functional groups attached to an aromatic ring is 1. The molecule has 0 aromatic carbocycles. The number of hydroxylamine groups is 2. The fourth-order valence-electron chi connectivity index (χ4n) is 2.64. The minimum atomic E-state index is -1.68. The van der Waals surface area contributed by atoms with Crippen LogP contribution in [0.15, 0.2) is 10.5 Å². The number of carbonyl (C=O) groups excluding carboxylic acids is 3. The summed E-state index contributed by atoms with van der Waals surface area (Å²) in [7, 11) is 0. The number of carboxylic acids is 1. The van der Waals surface area contributed by atoms with Crippen molar-refractivity contribution in [1.29, 1.82) is 0 Å². The highest BCUT2D eigenvalue weighted by molar-refractivity contribution is 7.13. The Morgan fingerprint density at radius 1 is 1.40 bits per heavy atom. The molecule has 1 aliphatic heterocycles. The van der Waals surface area contributed by atoms with Crippen molar-refractivity contribution in [2.24, 2.45) is 11.1 Å². The number of ketones is 2. The molecule has 2 heterocycles. The summed E-state index contributed by atoms with van der Waals surface area (Å²) in [6.45, 7) is 7.04. The number of Topliss-reactive ketones (excluding diaryl/α,β-unsaturated/α-hetero) is 2. The number of hydrogen-bond acceptors (Lipinski definition) is 10. The highest BCUT2D eigenvalue weighted by atomic mass is 32.1. The smallest absolute Gasteiger partial charge is 0.350 e. The third-order valence-corrected chi connectivity index (χ3v) is 5.24. The fourth-order valence-corrected chi connectivity index (χ4v) is 3.19. The first-order chi connectivity index (χ1) is 13.8. The number of β-lactam (4-membered cyclic amide) rings is 1. The van der Waals surface area contributed by atoms with Gasteiger partial charge in [0.05, 0.1) is 11.5 Å². The Morgan fingerprint density at radius 2 is 2.03 bits per heavy atom. The molecule has 0 radical (unpaired) electrons. The van der Waals surface area contributed by atoms with E-state index in [9.17, 15) is 24.3 Å². The first-order valence-corrected chi connectivity index (χ1v) is 9.86. The standard InChI is InChI=1S/C18H24N4O7S/c1-9(23)7-28-22-14(25)10(17(22,2)3)6-12(24)13(11-8-30-16(19)20-11)21-29-18(4,5)15(26)27/h8,10H,6-7H2,1-5H3,(H2,19,20)(H,26,27)/b21-13-/t10-/m1/s1. The summed E-state index contributed by atoms with van der Waals surface area (Å²) in [5, 5.41) is 15.7. The van der Waals surface area contributed by atoms with E-state index in [0.717, 1.165) is 16.4 Å². The average molecular weight is 440 g/mol. The van der Waals surface area contributed by atoms with Crippen LogP contribution in [-0.2, 0) is 28.9 Å². The molecule has 30 heavy (non-hydrogen) atoms. The van der Waals surface area contributed by atoms with Gasteiger partial charge in [-0.2, -0.15) is 0 Å². The van der Waals surface area contributed by atoms with Crippen molar-refractivity contribution in [2.45, 2.75) is 52.2 Å². The minimum absolute atomic E-state index is 0.123. The maximum absolute atomic E-state index is 12.9. The van der Waals surface area contributed by atoms with Crippen LogP contribution in [0.25, 0.3) is 0 Å². The highest BCUT2D eigenvalue weighted by Crippen LogP contribution is 2.40. The third kappa shape index (κ3) is 4.82. The Labute approximate surface area is 176 Å². The van der Waals surface area contributed by atoms with E-state index in [0.29, 0.717) is 0 Å². The minimum Gasteiger partial charge on any atom is -0.478 e. The maximum atomic E-state index is 12.9. The van der Waals surface area contributed by atoms with E-state index in [1.807, 2.05) is 0 Å². The molecule has 3 N–H and O–H groups in total. The summed E-state index contributed by atoms with van der Waals surface area (Å²) < 4.78 is 0. The number of aliphatic carboxylic acids is 1. The van der Waals surface area contributed by atoms with Gasteiger partial charge >= 0.3 is 5.97 Å². The summed E-state index contributed by atoms with van der Waals surface area (Å²) in [4.78, 5) is 62.1. The molecule has 1 aliphatic rings. The SMILES string of the molecule is CC(=O)CON1C(=O)[C@@H](CC(=O)/C(=N\OC(C)(C)C(=O)O)c2csc(N)n2)C1(C)C. The van der Waals surface area contributed by atoms with E-state index in [-0.39, 0.29) is 35.3 Å². The third-order valence-electron chi connectivity index (χ3n) is 4.57. The molecule has 164 valence electrons. The van der Waals surface area contributed by atoms with Gasteiger partial charge in [-0.15, -0.1) is 11.3 Å². The van der Waals surface area contributed by atoms with Gasteiger partial charge in [-0.25, -0.2) is 14.8 Å². The van der Waals surface area contributed by atoms with Crippen molar-refractivity contribution in [3.63, 3.8) is 0 Å². The van der Waals surface area contributed by atoms with Crippen molar-refractivity contribution in [3.05, 3.63) is 11.1 Å². The van der Waals surface area contributed by atoms with Gasteiger partial charge in [0.2, 0.25) is 5.60 Å². The first kappa shape index (κ1) is 23.4. The van der Waals surface area contributed by atoms with Gasteiger partial charge in [-0.3, -0.25) is 19.2 Å². The number of carboxylic acid groups (broad SMARTS) is 1. The zero-order valence-corrected chi connectivity index (χ0v) is 18.1. The average Bonchev–Trinajstić information content (AvgIpc) is 3.05. The van der Waals surface area contributed by atoms with Gasteiger partial charge in [0, 0.05) is 11.8 Å². The van der Waals surface area contributed by atoms with Crippen LogP contribution in [0.4, 0.5) is 5.13 Å². The van der Waals surface area contributed by atoms with Crippen LogP contribution >= 0.6 is 11.3 Å². The second-order valence-corrected chi connectivity index (χ2v) is 8.75. The zero-order chi connectivity index (χ0) is 22.9. The van der Waals surface area contributed by atoms with E-state index in [1.54, 1.807) is 13.8 Å². The predicted octanol–water partition coefficient (Wildman–Crippen LogP) is 1.03. The lowest BCUT2D eigenvalue weighted by Crippen LogP contribution is -2.68. The summed E-state index contributed by atoms with van der Waals surface area (Å²) in [5.41, 5.74) is 3.00. The summed E-state index contributed by atoms with van der Waals surface area (Å²) in [6, 6.07) is 0. The molecule has 12 heteroatoms.